The first-order chi connectivity index (χ1) is 11.4. The Bertz CT molecular complexity index is 704. The number of carboxylic acid groups (broad SMARTS) is 1. The van der Waals surface area contributed by atoms with Gasteiger partial charge in [-0.3, -0.25) is 4.79 Å². The molecule has 0 aliphatic heterocycles. The van der Waals surface area contributed by atoms with Crippen LogP contribution in [0.15, 0.2) is 36.4 Å². The third-order valence-corrected chi connectivity index (χ3v) is 4.20. The minimum absolute atomic E-state index is 0.135. The van der Waals surface area contributed by atoms with Crippen LogP contribution in [0.5, 0.6) is 11.5 Å². The molecule has 2 N–H and O–H groups in total. The first kappa shape index (κ1) is 17.9. The van der Waals surface area contributed by atoms with E-state index in [9.17, 15) is 9.90 Å². The van der Waals surface area contributed by atoms with E-state index >= 15 is 0 Å². The minimum atomic E-state index is -0.830. The highest BCUT2D eigenvalue weighted by Crippen LogP contribution is 2.33. The number of hydrogen-bond donors (Lipinski definition) is 2. The van der Waals surface area contributed by atoms with E-state index < -0.39 is 11.9 Å². The van der Waals surface area contributed by atoms with Gasteiger partial charge in [0, 0.05) is 0 Å². The van der Waals surface area contributed by atoms with Gasteiger partial charge in [0.2, 0.25) is 0 Å². The fraction of sp³-hybridized carbons (Fsp3) is 0.350. The normalized spacial score (nSPS) is 12.0. The molecule has 0 heterocycles. The Morgan fingerprint density at radius 1 is 1.12 bits per heavy atom. The number of ether oxygens (including phenoxy) is 1. The standard InChI is InChI=1S/C20H24O4/c1-13-4-6-15(7-5-13)8-9-17-11-16(10-14(2)20(22)23)12-18(24-3)19(17)21/h4-7,11-12,14,21H,8-10H2,1-3H3,(H,22,23). The molecular formula is C20H24O4. The van der Waals surface area contributed by atoms with Crippen molar-refractivity contribution in [3.05, 3.63) is 58.7 Å². The zero-order chi connectivity index (χ0) is 17.7. The Kier molecular flexibility index (Phi) is 5.85. The van der Waals surface area contributed by atoms with Gasteiger partial charge in [0.15, 0.2) is 11.5 Å². The van der Waals surface area contributed by atoms with Gasteiger partial charge in [-0.25, -0.2) is 0 Å². The summed E-state index contributed by atoms with van der Waals surface area (Å²) in [6.07, 6.45) is 1.87. The van der Waals surface area contributed by atoms with Crippen molar-refractivity contribution < 1.29 is 19.7 Å². The second kappa shape index (κ2) is 7.86. The number of aromatic hydroxyl groups is 1. The number of benzene rings is 2. The molecule has 0 aromatic heterocycles. The number of carboxylic acids is 1. The first-order valence-electron chi connectivity index (χ1n) is 8.07. The molecule has 0 aliphatic rings. The van der Waals surface area contributed by atoms with E-state index in [2.05, 4.69) is 24.3 Å². The summed E-state index contributed by atoms with van der Waals surface area (Å²) >= 11 is 0. The summed E-state index contributed by atoms with van der Waals surface area (Å²) < 4.78 is 5.24. The van der Waals surface area contributed by atoms with Gasteiger partial charge in [-0.1, -0.05) is 42.8 Å². The van der Waals surface area contributed by atoms with E-state index in [0.29, 0.717) is 18.6 Å². The minimum Gasteiger partial charge on any atom is -0.504 e. The van der Waals surface area contributed by atoms with Crippen molar-refractivity contribution in [3.8, 4) is 11.5 Å². The molecule has 0 aliphatic carbocycles. The largest absolute Gasteiger partial charge is 0.504 e. The highest BCUT2D eigenvalue weighted by Gasteiger charge is 2.16. The lowest BCUT2D eigenvalue weighted by molar-refractivity contribution is -0.141. The van der Waals surface area contributed by atoms with Crippen LogP contribution in [-0.4, -0.2) is 23.3 Å². The molecule has 0 spiro atoms. The first-order valence-corrected chi connectivity index (χ1v) is 8.07. The van der Waals surface area contributed by atoms with E-state index in [1.807, 2.05) is 13.0 Å². The second-order valence-corrected chi connectivity index (χ2v) is 6.23. The molecule has 128 valence electrons. The molecule has 0 amide bonds. The number of aryl methyl sites for hydroxylation is 3. The van der Waals surface area contributed by atoms with Crippen LogP contribution in [-0.2, 0) is 24.1 Å². The van der Waals surface area contributed by atoms with E-state index in [0.717, 1.165) is 17.5 Å². The van der Waals surface area contributed by atoms with E-state index in [-0.39, 0.29) is 5.75 Å². The highest BCUT2D eigenvalue weighted by atomic mass is 16.5. The molecule has 1 unspecified atom stereocenters. The van der Waals surface area contributed by atoms with Gasteiger partial charge >= 0.3 is 5.97 Å². The maximum Gasteiger partial charge on any atom is 0.306 e. The molecule has 4 heteroatoms. The number of rotatable bonds is 7. The lowest BCUT2D eigenvalue weighted by Crippen LogP contribution is -2.12. The number of hydrogen-bond acceptors (Lipinski definition) is 3. The molecule has 2 aromatic rings. The van der Waals surface area contributed by atoms with Crippen molar-refractivity contribution in [2.75, 3.05) is 7.11 Å². The van der Waals surface area contributed by atoms with Crippen molar-refractivity contribution in [2.45, 2.75) is 33.1 Å². The van der Waals surface area contributed by atoms with Gasteiger partial charge in [0.1, 0.15) is 0 Å². The third kappa shape index (κ3) is 4.51. The van der Waals surface area contributed by atoms with Gasteiger partial charge in [0.25, 0.3) is 0 Å². The molecule has 1 atom stereocenters. The molecule has 0 bridgehead atoms. The summed E-state index contributed by atoms with van der Waals surface area (Å²) in [4.78, 5) is 11.1. The van der Waals surface area contributed by atoms with Crippen LogP contribution < -0.4 is 4.74 Å². The zero-order valence-corrected chi connectivity index (χ0v) is 14.4. The van der Waals surface area contributed by atoms with Crippen LogP contribution in [0.25, 0.3) is 0 Å². The molecule has 0 radical (unpaired) electrons. The quantitative estimate of drug-likeness (QED) is 0.812. The van der Waals surface area contributed by atoms with Crippen LogP contribution >= 0.6 is 0 Å². The number of methoxy groups -OCH3 is 1. The Hall–Kier alpha value is -2.49. The predicted octanol–water partition coefficient (Wildman–Crippen LogP) is 3.76. The van der Waals surface area contributed by atoms with Crippen LogP contribution in [0.1, 0.15) is 29.2 Å². The van der Waals surface area contributed by atoms with Crippen molar-refractivity contribution in [2.24, 2.45) is 5.92 Å². The smallest absolute Gasteiger partial charge is 0.306 e. The van der Waals surface area contributed by atoms with Gasteiger partial charge < -0.3 is 14.9 Å². The molecule has 0 saturated heterocycles. The Morgan fingerprint density at radius 3 is 2.38 bits per heavy atom. The van der Waals surface area contributed by atoms with Crippen molar-refractivity contribution >= 4 is 5.97 Å². The Labute approximate surface area is 142 Å². The molecule has 2 rings (SSSR count). The number of carbonyl (C=O) groups is 1. The fourth-order valence-electron chi connectivity index (χ4n) is 2.67. The van der Waals surface area contributed by atoms with Crippen molar-refractivity contribution in [1.82, 2.24) is 0 Å². The number of phenols is 1. The third-order valence-electron chi connectivity index (χ3n) is 4.20. The Morgan fingerprint density at radius 2 is 1.79 bits per heavy atom. The molecule has 4 nitrogen and oxygen atoms in total. The molecule has 0 saturated carbocycles. The summed E-state index contributed by atoms with van der Waals surface area (Å²) in [6, 6.07) is 11.9. The predicted molar refractivity (Wildman–Crippen MR) is 93.7 cm³/mol. The summed E-state index contributed by atoms with van der Waals surface area (Å²) in [7, 11) is 1.50. The number of aliphatic carboxylic acids is 1. The van der Waals surface area contributed by atoms with Crippen LogP contribution in [0.4, 0.5) is 0 Å². The Balaban J connectivity index is 2.20. The van der Waals surface area contributed by atoms with E-state index in [4.69, 9.17) is 9.84 Å². The van der Waals surface area contributed by atoms with Gasteiger partial charge in [-0.2, -0.15) is 0 Å². The van der Waals surface area contributed by atoms with Gasteiger partial charge in [0.05, 0.1) is 13.0 Å². The van der Waals surface area contributed by atoms with Crippen LogP contribution in [0, 0.1) is 12.8 Å². The van der Waals surface area contributed by atoms with Crippen LogP contribution in [0.2, 0.25) is 0 Å². The summed E-state index contributed by atoms with van der Waals surface area (Å²) in [5.41, 5.74) is 4.05. The van der Waals surface area contributed by atoms with E-state index in [1.54, 1.807) is 13.0 Å². The SMILES string of the molecule is COc1cc(CC(C)C(=O)O)cc(CCc2ccc(C)cc2)c1O. The van der Waals surface area contributed by atoms with Crippen LogP contribution in [0.3, 0.4) is 0 Å². The highest BCUT2D eigenvalue weighted by molar-refractivity contribution is 5.70. The molecule has 2 aromatic carbocycles. The average molecular weight is 328 g/mol. The fourth-order valence-corrected chi connectivity index (χ4v) is 2.67. The molecule has 0 fully saturated rings. The van der Waals surface area contributed by atoms with Crippen molar-refractivity contribution in [3.63, 3.8) is 0 Å². The van der Waals surface area contributed by atoms with E-state index in [1.165, 1.54) is 18.2 Å². The second-order valence-electron chi connectivity index (χ2n) is 6.23. The lowest BCUT2D eigenvalue weighted by atomic mass is 9.96. The monoisotopic (exact) mass is 328 g/mol. The molecular weight excluding hydrogens is 304 g/mol. The average Bonchev–Trinajstić information content (AvgIpc) is 2.56. The summed E-state index contributed by atoms with van der Waals surface area (Å²) in [5, 5.41) is 19.4. The zero-order valence-electron chi connectivity index (χ0n) is 14.4. The maximum absolute atomic E-state index is 11.1. The lowest BCUT2D eigenvalue weighted by Gasteiger charge is -2.14. The summed E-state index contributed by atoms with van der Waals surface area (Å²) in [6.45, 7) is 3.72. The van der Waals surface area contributed by atoms with Crippen molar-refractivity contribution in [1.29, 1.82) is 0 Å². The summed E-state index contributed by atoms with van der Waals surface area (Å²) in [5.74, 6) is -0.784. The molecule has 24 heavy (non-hydrogen) atoms. The topological polar surface area (TPSA) is 66.8 Å². The van der Waals surface area contributed by atoms with Gasteiger partial charge in [-0.05, 0) is 48.9 Å². The maximum atomic E-state index is 11.1. The van der Waals surface area contributed by atoms with Gasteiger partial charge in [-0.15, -0.1) is 0 Å². The number of phenolic OH excluding ortho intramolecular Hbond substituents is 1.